The minimum atomic E-state index is 0.434. The third-order valence-electron chi connectivity index (χ3n) is 4.55. The number of hydrogen-bond acceptors (Lipinski definition) is 1. The lowest BCUT2D eigenvalue weighted by Crippen LogP contribution is -2.26. The maximum atomic E-state index is 4.38. The normalized spacial score (nSPS) is 23.4. The topological polar surface area (TPSA) is 17.8 Å². The molecule has 2 heterocycles. The predicted molar refractivity (Wildman–Crippen MR) is 78.2 cm³/mol. The van der Waals surface area contributed by atoms with Gasteiger partial charge in [0.1, 0.15) is 0 Å². The first-order valence-corrected chi connectivity index (χ1v) is 8.62. The molecule has 1 aliphatic heterocycles. The predicted octanol–water partition coefficient (Wildman–Crippen LogP) is 2.88. The minimum absolute atomic E-state index is 0.434. The van der Waals surface area contributed by atoms with E-state index in [1.165, 1.54) is 18.1 Å². The number of hydrogen-bond donors (Lipinski definition) is 0. The molecule has 2 nitrogen and oxygen atoms in total. The summed E-state index contributed by atoms with van der Waals surface area (Å²) in [6.07, 6.45) is 6.84. The maximum Gasteiger partial charge on any atom is 0.181 e. The van der Waals surface area contributed by atoms with Gasteiger partial charge in [-0.25, -0.2) is 0 Å². The fourth-order valence-electron chi connectivity index (χ4n) is 2.71. The van der Waals surface area contributed by atoms with Crippen molar-refractivity contribution in [3.05, 3.63) is 12.4 Å². The molecule has 0 saturated carbocycles. The fraction of sp³-hybridized carbons (Fsp3) is 0.727. The monoisotopic (exact) mass is 254 g/mol. The molecule has 0 amide bonds. The van der Waals surface area contributed by atoms with Crippen molar-refractivity contribution in [1.29, 1.82) is 0 Å². The van der Waals surface area contributed by atoms with Gasteiger partial charge < -0.3 is 0 Å². The van der Waals surface area contributed by atoms with Crippen molar-refractivity contribution in [2.45, 2.75) is 40.3 Å². The van der Waals surface area contributed by atoms with Crippen LogP contribution in [-0.4, -0.2) is 16.3 Å². The third kappa shape index (κ3) is 2.09. The van der Waals surface area contributed by atoms with Crippen molar-refractivity contribution in [1.82, 2.24) is 9.55 Å². The van der Waals surface area contributed by atoms with Crippen LogP contribution in [0.15, 0.2) is 12.4 Å². The van der Waals surface area contributed by atoms with E-state index in [2.05, 4.69) is 54.1 Å². The van der Waals surface area contributed by atoms with Crippen molar-refractivity contribution in [3.8, 4) is 0 Å². The van der Waals surface area contributed by atoms with Gasteiger partial charge in [0.05, 0.1) is 0 Å². The molecule has 5 heteroatoms. The van der Waals surface area contributed by atoms with E-state index < -0.39 is 0 Å². The molecule has 2 unspecified atom stereocenters. The second kappa shape index (κ2) is 4.11. The van der Waals surface area contributed by atoms with Gasteiger partial charge in [-0.3, -0.25) is 4.45 Å². The SMILES string of the molecule is CC1(C)CB(c2cnn(PP)c2)CC1(C)C. The van der Waals surface area contributed by atoms with E-state index in [0.29, 0.717) is 26.0 Å². The van der Waals surface area contributed by atoms with Crippen LogP contribution in [0.25, 0.3) is 0 Å². The van der Waals surface area contributed by atoms with E-state index in [9.17, 15) is 0 Å². The Morgan fingerprint density at radius 2 is 1.88 bits per heavy atom. The Morgan fingerprint density at radius 1 is 1.31 bits per heavy atom. The molecule has 88 valence electrons. The van der Waals surface area contributed by atoms with E-state index >= 15 is 0 Å². The van der Waals surface area contributed by atoms with Gasteiger partial charge in [-0.2, -0.15) is 5.10 Å². The molecule has 0 aromatic carbocycles. The van der Waals surface area contributed by atoms with Crippen LogP contribution in [0.3, 0.4) is 0 Å². The van der Waals surface area contributed by atoms with Crippen molar-refractivity contribution < 1.29 is 0 Å². The van der Waals surface area contributed by atoms with Crippen molar-refractivity contribution >= 4 is 29.5 Å². The number of aromatic nitrogens is 2. The van der Waals surface area contributed by atoms with Crippen molar-refractivity contribution in [3.63, 3.8) is 0 Å². The summed E-state index contributed by atoms with van der Waals surface area (Å²) in [5.41, 5.74) is 2.29. The molecule has 0 aliphatic carbocycles. The Kier molecular flexibility index (Phi) is 3.23. The minimum Gasteiger partial charge on any atom is -0.252 e. The second-order valence-electron chi connectivity index (χ2n) is 6.22. The molecule has 0 bridgehead atoms. The zero-order valence-corrected chi connectivity index (χ0v) is 12.8. The Bertz CT molecular complexity index is 371. The summed E-state index contributed by atoms with van der Waals surface area (Å²) in [4.78, 5) is 0. The Balaban J connectivity index is 2.20. The highest BCUT2D eigenvalue weighted by molar-refractivity contribution is 8.01. The summed E-state index contributed by atoms with van der Waals surface area (Å²) in [6, 6.07) is 0. The highest BCUT2D eigenvalue weighted by Crippen LogP contribution is 2.52. The molecule has 1 aromatic rings. The Hall–Kier alpha value is 0.135. The lowest BCUT2D eigenvalue weighted by molar-refractivity contribution is 0.177. The first-order valence-electron chi connectivity index (χ1n) is 5.87. The highest BCUT2D eigenvalue weighted by Gasteiger charge is 2.48. The van der Waals surface area contributed by atoms with E-state index in [1.807, 2.05) is 4.45 Å². The van der Waals surface area contributed by atoms with Gasteiger partial charge in [0, 0.05) is 20.8 Å². The van der Waals surface area contributed by atoms with Crippen molar-refractivity contribution in [2.75, 3.05) is 0 Å². The van der Waals surface area contributed by atoms with Crippen molar-refractivity contribution in [2.24, 2.45) is 10.8 Å². The Morgan fingerprint density at radius 3 is 2.31 bits per heavy atom. The summed E-state index contributed by atoms with van der Waals surface area (Å²) in [7, 11) is 3.40. The molecular weight excluding hydrogens is 233 g/mol. The van der Waals surface area contributed by atoms with Crippen LogP contribution in [0.2, 0.25) is 12.6 Å². The lowest BCUT2D eigenvalue weighted by Gasteiger charge is -2.35. The molecule has 1 fully saturated rings. The quantitative estimate of drug-likeness (QED) is 0.586. The first-order chi connectivity index (χ1) is 7.36. The van der Waals surface area contributed by atoms with Gasteiger partial charge in [0.2, 0.25) is 0 Å². The highest BCUT2D eigenvalue weighted by atomic mass is 32.0. The van der Waals surface area contributed by atoms with E-state index in [0.717, 1.165) is 0 Å². The average molecular weight is 254 g/mol. The zero-order valence-electron chi connectivity index (χ0n) is 10.6. The van der Waals surface area contributed by atoms with E-state index in [1.54, 1.807) is 0 Å². The van der Waals surface area contributed by atoms with Gasteiger partial charge in [0.25, 0.3) is 0 Å². The van der Waals surface area contributed by atoms with Gasteiger partial charge >= 0.3 is 0 Å². The molecule has 16 heavy (non-hydrogen) atoms. The van der Waals surface area contributed by atoms with Crippen LogP contribution in [-0.2, 0) is 0 Å². The summed E-state index contributed by atoms with van der Waals surface area (Å²) in [6.45, 7) is 10.3. The van der Waals surface area contributed by atoms with Gasteiger partial charge in [-0.15, -0.1) is 0 Å². The summed E-state index contributed by atoms with van der Waals surface area (Å²) < 4.78 is 2.03. The Labute approximate surface area is 103 Å². The fourth-order valence-corrected chi connectivity index (χ4v) is 3.48. The molecule has 0 N–H and O–H groups in total. The number of rotatable bonds is 2. The van der Waals surface area contributed by atoms with Crippen LogP contribution < -0.4 is 5.46 Å². The zero-order chi connectivity index (χ0) is 12.0. The van der Waals surface area contributed by atoms with Crippen LogP contribution in [0.4, 0.5) is 0 Å². The van der Waals surface area contributed by atoms with Gasteiger partial charge in [-0.05, 0) is 16.3 Å². The van der Waals surface area contributed by atoms with E-state index in [4.69, 9.17) is 0 Å². The molecule has 2 atom stereocenters. The molecule has 0 radical (unpaired) electrons. The molecule has 1 saturated heterocycles. The van der Waals surface area contributed by atoms with Gasteiger partial charge in [-0.1, -0.05) is 49.3 Å². The molecule has 1 aromatic heterocycles. The summed E-state index contributed by atoms with van der Waals surface area (Å²) in [5, 5.41) is 4.38. The van der Waals surface area contributed by atoms with Gasteiger partial charge in [0.15, 0.2) is 6.71 Å². The molecule has 2 rings (SSSR count). The standard InChI is InChI=1S/C11H21BN2P2/c1-10(2)7-12(8-11(10,3)4)9-5-13-14(6-9)16-15/h5-6,16H,7-8,15H2,1-4H3. The van der Waals surface area contributed by atoms with Crippen LogP contribution in [0.1, 0.15) is 27.7 Å². The average Bonchev–Trinajstić information content (AvgIpc) is 2.70. The lowest BCUT2D eigenvalue weighted by atomic mass is 9.43. The van der Waals surface area contributed by atoms with Crippen LogP contribution in [0.5, 0.6) is 0 Å². The smallest absolute Gasteiger partial charge is 0.181 e. The largest absolute Gasteiger partial charge is 0.252 e. The first kappa shape index (κ1) is 12.6. The van der Waals surface area contributed by atoms with Crippen LogP contribution >= 0.6 is 17.3 Å². The van der Waals surface area contributed by atoms with Crippen LogP contribution in [0, 0.1) is 10.8 Å². The molecular formula is C11H21BN2P2. The molecule has 0 spiro atoms. The number of nitrogens with zero attached hydrogens (tertiary/aromatic N) is 2. The van der Waals surface area contributed by atoms with E-state index in [-0.39, 0.29) is 0 Å². The molecule has 1 aliphatic rings. The second-order valence-corrected chi connectivity index (χ2v) is 7.71. The summed E-state index contributed by atoms with van der Waals surface area (Å²) in [5.74, 6) is 0. The summed E-state index contributed by atoms with van der Waals surface area (Å²) >= 11 is 0. The maximum absolute atomic E-state index is 4.38. The third-order valence-corrected chi connectivity index (χ3v) is 5.85.